The van der Waals surface area contributed by atoms with Crippen molar-refractivity contribution in [3.05, 3.63) is 51.2 Å². The lowest BCUT2D eigenvalue weighted by Crippen LogP contribution is -2.23. The Labute approximate surface area is 169 Å². The molecule has 1 N–H and O–H groups in total. The van der Waals surface area contributed by atoms with Gasteiger partial charge in [0.15, 0.2) is 21.6 Å². The molecule has 0 saturated carbocycles. The summed E-state index contributed by atoms with van der Waals surface area (Å²) < 4.78 is 12.9. The monoisotopic (exact) mass is 423 g/mol. The number of hydrogen-bond donors (Lipinski definition) is 1. The van der Waals surface area contributed by atoms with Gasteiger partial charge in [0.2, 0.25) is 5.91 Å². The predicted octanol–water partition coefficient (Wildman–Crippen LogP) is 3.85. The number of hydrogen-bond acceptors (Lipinski definition) is 5. The predicted molar refractivity (Wildman–Crippen MR) is 106 cm³/mol. The number of nitrogens with one attached hydrogen (secondary N) is 1. The molecule has 1 aromatic carbocycles. The third-order valence-electron chi connectivity index (χ3n) is 4.02. The van der Waals surface area contributed by atoms with Crippen LogP contribution in [0.5, 0.6) is 11.5 Å². The number of halogens is 2. The Kier molecular flexibility index (Phi) is 5.24. The highest BCUT2D eigenvalue weighted by Gasteiger charge is 2.16. The number of rotatable bonds is 5. The Hall–Kier alpha value is -2.22. The van der Waals surface area contributed by atoms with Gasteiger partial charge >= 0.3 is 0 Å². The molecule has 0 fully saturated rings. The van der Waals surface area contributed by atoms with Crippen LogP contribution in [-0.2, 0) is 11.2 Å². The van der Waals surface area contributed by atoms with E-state index < -0.39 is 0 Å². The van der Waals surface area contributed by atoms with Gasteiger partial charge in [-0.15, -0.1) is 11.3 Å². The zero-order valence-corrected chi connectivity index (χ0v) is 16.4. The SMILES string of the molecule is O=C(/C=C/c1c(Cl)nc2sccn12)NCCc1cc(Cl)c2c(c1)OCCO2. The number of benzene rings is 1. The molecule has 27 heavy (non-hydrogen) atoms. The molecule has 0 radical (unpaired) electrons. The van der Waals surface area contributed by atoms with E-state index in [2.05, 4.69) is 10.3 Å². The zero-order chi connectivity index (χ0) is 18.8. The number of ether oxygens (including phenoxy) is 2. The van der Waals surface area contributed by atoms with E-state index in [1.54, 1.807) is 6.08 Å². The van der Waals surface area contributed by atoms with Crippen LogP contribution in [0.15, 0.2) is 29.8 Å². The molecule has 0 spiro atoms. The largest absolute Gasteiger partial charge is 0.486 e. The molecule has 1 amide bonds. The minimum Gasteiger partial charge on any atom is -0.486 e. The first-order valence-electron chi connectivity index (χ1n) is 8.27. The molecule has 1 aliphatic rings. The molecule has 0 bridgehead atoms. The fourth-order valence-electron chi connectivity index (χ4n) is 2.78. The maximum atomic E-state index is 12.1. The fourth-order valence-corrected chi connectivity index (χ4v) is 4.07. The van der Waals surface area contributed by atoms with Gasteiger partial charge in [-0.3, -0.25) is 9.20 Å². The van der Waals surface area contributed by atoms with Gasteiger partial charge in [-0.25, -0.2) is 4.98 Å². The molecular weight excluding hydrogens is 409 g/mol. The molecule has 9 heteroatoms. The molecule has 1 aliphatic heterocycles. The van der Waals surface area contributed by atoms with Crippen LogP contribution in [0.4, 0.5) is 0 Å². The second-order valence-corrected chi connectivity index (χ2v) is 7.46. The summed E-state index contributed by atoms with van der Waals surface area (Å²) in [6.45, 7) is 1.46. The summed E-state index contributed by atoms with van der Waals surface area (Å²) in [5.41, 5.74) is 1.65. The normalized spacial score (nSPS) is 13.4. The van der Waals surface area contributed by atoms with E-state index in [9.17, 15) is 4.79 Å². The van der Waals surface area contributed by atoms with Crippen molar-refractivity contribution in [2.75, 3.05) is 19.8 Å². The first-order chi connectivity index (χ1) is 13.1. The highest BCUT2D eigenvalue weighted by Crippen LogP contribution is 2.38. The lowest BCUT2D eigenvalue weighted by atomic mass is 10.1. The smallest absolute Gasteiger partial charge is 0.244 e. The van der Waals surface area contributed by atoms with Crippen LogP contribution in [0.25, 0.3) is 11.0 Å². The number of aromatic nitrogens is 2. The van der Waals surface area contributed by atoms with E-state index in [1.807, 2.05) is 28.1 Å². The van der Waals surface area contributed by atoms with Gasteiger partial charge < -0.3 is 14.8 Å². The average Bonchev–Trinajstić information content (AvgIpc) is 3.21. The van der Waals surface area contributed by atoms with Crippen molar-refractivity contribution in [2.24, 2.45) is 0 Å². The Morgan fingerprint density at radius 1 is 1.33 bits per heavy atom. The third kappa shape index (κ3) is 3.90. The van der Waals surface area contributed by atoms with Gasteiger partial charge in [0.25, 0.3) is 0 Å². The van der Waals surface area contributed by atoms with E-state index >= 15 is 0 Å². The van der Waals surface area contributed by atoms with Crippen LogP contribution in [0.1, 0.15) is 11.3 Å². The number of carbonyl (C=O) groups excluding carboxylic acids is 1. The Morgan fingerprint density at radius 2 is 2.19 bits per heavy atom. The highest BCUT2D eigenvalue weighted by molar-refractivity contribution is 7.15. The second kappa shape index (κ2) is 7.80. The van der Waals surface area contributed by atoms with Crippen LogP contribution in [0.2, 0.25) is 10.2 Å². The summed E-state index contributed by atoms with van der Waals surface area (Å²) in [6.07, 6.45) is 5.59. The Morgan fingerprint density at radius 3 is 3.07 bits per heavy atom. The molecule has 140 valence electrons. The van der Waals surface area contributed by atoms with Crippen LogP contribution in [0.3, 0.4) is 0 Å². The third-order valence-corrected chi connectivity index (χ3v) is 5.33. The topological polar surface area (TPSA) is 64.9 Å². The van der Waals surface area contributed by atoms with E-state index in [4.69, 9.17) is 32.7 Å². The van der Waals surface area contributed by atoms with Gasteiger partial charge in [-0.1, -0.05) is 23.2 Å². The lowest BCUT2D eigenvalue weighted by molar-refractivity contribution is -0.116. The summed E-state index contributed by atoms with van der Waals surface area (Å²) in [5, 5.41) is 5.64. The first-order valence-corrected chi connectivity index (χ1v) is 9.90. The summed E-state index contributed by atoms with van der Waals surface area (Å²) in [7, 11) is 0. The van der Waals surface area contributed by atoms with E-state index in [-0.39, 0.29) is 5.91 Å². The molecule has 0 atom stereocenters. The molecular formula is C18H15Cl2N3O3S. The highest BCUT2D eigenvalue weighted by atomic mass is 35.5. The van der Waals surface area contributed by atoms with E-state index in [0.717, 1.165) is 10.5 Å². The fraction of sp³-hybridized carbons (Fsp3) is 0.222. The number of fused-ring (bicyclic) bond motifs is 2. The van der Waals surface area contributed by atoms with E-state index in [1.165, 1.54) is 17.4 Å². The molecule has 0 unspecified atom stereocenters. The number of carbonyl (C=O) groups is 1. The van der Waals surface area contributed by atoms with Crippen LogP contribution < -0.4 is 14.8 Å². The minimum atomic E-state index is -0.208. The Bertz CT molecular complexity index is 1030. The number of thiazole rings is 1. The summed E-state index contributed by atoms with van der Waals surface area (Å²) in [4.78, 5) is 17.1. The summed E-state index contributed by atoms with van der Waals surface area (Å²) in [5.74, 6) is 1.01. The summed E-state index contributed by atoms with van der Waals surface area (Å²) in [6, 6.07) is 3.72. The summed E-state index contributed by atoms with van der Waals surface area (Å²) >= 11 is 13.8. The molecule has 2 aromatic heterocycles. The number of amides is 1. The van der Waals surface area contributed by atoms with Crippen molar-refractivity contribution >= 4 is 51.5 Å². The molecule has 3 heterocycles. The molecule has 0 saturated heterocycles. The van der Waals surface area contributed by atoms with Crippen molar-refractivity contribution in [1.82, 2.24) is 14.7 Å². The van der Waals surface area contributed by atoms with Gasteiger partial charge in [0.05, 0.1) is 10.7 Å². The van der Waals surface area contributed by atoms with Crippen LogP contribution >= 0.6 is 34.5 Å². The molecule has 3 aromatic rings. The Balaban J connectivity index is 1.35. The van der Waals surface area contributed by atoms with Crippen molar-refractivity contribution in [3.8, 4) is 11.5 Å². The average molecular weight is 424 g/mol. The molecule has 6 nitrogen and oxygen atoms in total. The number of nitrogens with zero attached hydrogens (tertiary/aromatic N) is 2. The van der Waals surface area contributed by atoms with Crippen molar-refractivity contribution in [1.29, 1.82) is 0 Å². The second-order valence-electron chi connectivity index (χ2n) is 5.82. The number of imidazole rings is 1. The molecule has 4 rings (SSSR count). The zero-order valence-electron chi connectivity index (χ0n) is 14.1. The van der Waals surface area contributed by atoms with Crippen molar-refractivity contribution < 1.29 is 14.3 Å². The lowest BCUT2D eigenvalue weighted by Gasteiger charge is -2.20. The van der Waals surface area contributed by atoms with E-state index in [0.29, 0.717) is 53.5 Å². The van der Waals surface area contributed by atoms with Crippen LogP contribution in [0, 0.1) is 0 Å². The maximum Gasteiger partial charge on any atom is 0.244 e. The maximum absolute atomic E-state index is 12.1. The quantitative estimate of drug-likeness (QED) is 0.632. The standard InChI is InChI=1S/C18H15Cl2N3O3S/c19-12-9-11(10-14-16(12)26-7-6-25-14)3-4-21-15(24)2-1-13-17(20)22-18-23(13)5-8-27-18/h1-2,5,8-10H,3-4,6-7H2,(H,21,24)/b2-1+. The van der Waals surface area contributed by atoms with Gasteiger partial charge in [-0.2, -0.15) is 0 Å². The van der Waals surface area contributed by atoms with Gasteiger partial charge in [0, 0.05) is 24.2 Å². The van der Waals surface area contributed by atoms with Crippen molar-refractivity contribution in [2.45, 2.75) is 6.42 Å². The van der Waals surface area contributed by atoms with Crippen molar-refractivity contribution in [3.63, 3.8) is 0 Å². The van der Waals surface area contributed by atoms with Crippen LogP contribution in [-0.4, -0.2) is 35.1 Å². The minimum absolute atomic E-state index is 0.208. The molecule has 0 aliphatic carbocycles. The first kappa shape index (κ1) is 18.2. The van der Waals surface area contributed by atoms with Gasteiger partial charge in [-0.05, 0) is 30.2 Å². The van der Waals surface area contributed by atoms with Gasteiger partial charge in [0.1, 0.15) is 13.2 Å².